The summed E-state index contributed by atoms with van der Waals surface area (Å²) in [6.45, 7) is 2.20. The molecule has 0 fully saturated rings. The summed E-state index contributed by atoms with van der Waals surface area (Å²) in [6.07, 6.45) is 0. The van der Waals surface area contributed by atoms with Gasteiger partial charge < -0.3 is 4.74 Å². The maximum absolute atomic E-state index is 13.2. The Morgan fingerprint density at radius 1 is 0.926 bits per heavy atom. The van der Waals surface area contributed by atoms with Crippen LogP contribution in [0.1, 0.15) is 24.1 Å². The van der Waals surface area contributed by atoms with Gasteiger partial charge in [-0.2, -0.15) is 4.72 Å². The van der Waals surface area contributed by atoms with E-state index in [1.807, 2.05) is 67.6 Å². The first kappa shape index (κ1) is 19.6. The minimum Gasteiger partial charge on any atom is -0.492 e. The number of sulfonamides is 1. The molecule has 4 nitrogen and oxygen atoms in total. The third-order valence-corrected chi connectivity index (χ3v) is 5.97. The van der Waals surface area contributed by atoms with Crippen LogP contribution in [0.3, 0.4) is 0 Å². The Hall–Kier alpha value is -2.15. The van der Waals surface area contributed by atoms with Crippen LogP contribution in [-0.2, 0) is 10.0 Å². The second kappa shape index (κ2) is 8.69. The van der Waals surface area contributed by atoms with Crippen LogP contribution in [0.15, 0.2) is 88.2 Å². The number of hydrogen-bond donors (Lipinski definition) is 1. The molecule has 0 atom stereocenters. The molecule has 0 heterocycles. The van der Waals surface area contributed by atoms with Gasteiger partial charge in [0.05, 0.1) is 12.6 Å². The molecule has 0 radical (unpaired) electrons. The van der Waals surface area contributed by atoms with Crippen molar-refractivity contribution < 1.29 is 13.2 Å². The Morgan fingerprint density at radius 3 is 2.00 bits per heavy atom. The number of ether oxygens (including phenoxy) is 1. The summed E-state index contributed by atoms with van der Waals surface area (Å²) in [7, 11) is -3.84. The molecule has 6 heteroatoms. The third kappa shape index (κ3) is 4.77. The standard InChI is InChI=1S/C21H20BrNO3S/c1-2-26-19-14-13-18(22)15-20(19)27(24,25)23-21(16-9-5-3-6-10-16)17-11-7-4-8-12-17/h3-15,21,23H,2H2,1H3. The van der Waals surface area contributed by atoms with Crippen LogP contribution in [0.2, 0.25) is 0 Å². The molecular weight excluding hydrogens is 426 g/mol. The van der Waals surface area contributed by atoms with Gasteiger partial charge in [-0.25, -0.2) is 8.42 Å². The highest BCUT2D eigenvalue weighted by atomic mass is 79.9. The Kier molecular flexibility index (Phi) is 6.31. The van der Waals surface area contributed by atoms with E-state index < -0.39 is 16.1 Å². The van der Waals surface area contributed by atoms with Gasteiger partial charge in [0.15, 0.2) is 0 Å². The Balaban J connectivity index is 2.05. The smallest absolute Gasteiger partial charge is 0.245 e. The summed E-state index contributed by atoms with van der Waals surface area (Å²) < 4.78 is 35.5. The molecule has 0 saturated carbocycles. The highest BCUT2D eigenvalue weighted by Crippen LogP contribution is 2.30. The Morgan fingerprint density at radius 2 is 1.48 bits per heavy atom. The summed E-state index contributed by atoms with van der Waals surface area (Å²) in [4.78, 5) is 0.107. The highest BCUT2D eigenvalue weighted by Gasteiger charge is 2.26. The Bertz CT molecular complexity index is 953. The maximum atomic E-state index is 13.2. The van der Waals surface area contributed by atoms with E-state index in [0.717, 1.165) is 11.1 Å². The number of benzene rings is 3. The van der Waals surface area contributed by atoms with Gasteiger partial charge in [-0.1, -0.05) is 76.6 Å². The van der Waals surface area contributed by atoms with Gasteiger partial charge in [0.2, 0.25) is 10.0 Å². The fourth-order valence-corrected chi connectivity index (χ4v) is 4.70. The van der Waals surface area contributed by atoms with E-state index in [1.165, 1.54) is 0 Å². The molecule has 140 valence electrons. The van der Waals surface area contributed by atoms with Crippen LogP contribution in [-0.4, -0.2) is 15.0 Å². The first-order valence-corrected chi connectivity index (χ1v) is 10.8. The molecule has 0 amide bonds. The van der Waals surface area contributed by atoms with Crippen molar-refractivity contribution in [2.45, 2.75) is 17.9 Å². The number of nitrogens with one attached hydrogen (secondary N) is 1. The average Bonchev–Trinajstić information content (AvgIpc) is 2.69. The van der Waals surface area contributed by atoms with Crippen molar-refractivity contribution in [2.75, 3.05) is 6.61 Å². The second-order valence-corrected chi connectivity index (χ2v) is 8.50. The zero-order valence-electron chi connectivity index (χ0n) is 14.8. The Labute approximate surface area is 168 Å². The highest BCUT2D eigenvalue weighted by molar-refractivity contribution is 9.10. The molecule has 3 aromatic carbocycles. The van der Waals surface area contributed by atoms with Gasteiger partial charge >= 0.3 is 0 Å². The topological polar surface area (TPSA) is 55.4 Å². The van der Waals surface area contributed by atoms with Crippen molar-refractivity contribution in [3.8, 4) is 5.75 Å². The van der Waals surface area contributed by atoms with Crippen molar-refractivity contribution in [1.82, 2.24) is 4.72 Å². The lowest BCUT2D eigenvalue weighted by Crippen LogP contribution is -2.29. The van der Waals surface area contributed by atoms with Gasteiger partial charge in [-0.15, -0.1) is 0 Å². The number of rotatable bonds is 7. The van der Waals surface area contributed by atoms with Crippen molar-refractivity contribution >= 4 is 26.0 Å². The van der Waals surface area contributed by atoms with E-state index in [-0.39, 0.29) is 4.90 Å². The third-order valence-electron chi connectivity index (χ3n) is 4.03. The minimum absolute atomic E-state index is 0.107. The number of halogens is 1. The van der Waals surface area contributed by atoms with Gasteiger partial charge in [0.1, 0.15) is 10.6 Å². The van der Waals surface area contributed by atoms with Crippen LogP contribution in [0, 0.1) is 0 Å². The molecule has 0 spiro atoms. The molecule has 0 aliphatic carbocycles. The van der Waals surface area contributed by atoms with Crippen LogP contribution in [0.25, 0.3) is 0 Å². The van der Waals surface area contributed by atoms with E-state index in [9.17, 15) is 8.42 Å². The fourth-order valence-electron chi connectivity index (χ4n) is 2.80. The monoisotopic (exact) mass is 445 g/mol. The van der Waals surface area contributed by atoms with Gasteiger partial charge in [0.25, 0.3) is 0 Å². The zero-order chi connectivity index (χ0) is 19.3. The molecule has 3 aromatic rings. The lowest BCUT2D eigenvalue weighted by molar-refractivity contribution is 0.331. The largest absolute Gasteiger partial charge is 0.492 e. The van der Waals surface area contributed by atoms with Gasteiger partial charge in [0, 0.05) is 4.47 Å². The van der Waals surface area contributed by atoms with Crippen LogP contribution in [0.5, 0.6) is 5.75 Å². The maximum Gasteiger partial charge on any atom is 0.245 e. The van der Waals surface area contributed by atoms with Crippen molar-refractivity contribution in [3.63, 3.8) is 0 Å². The summed E-state index contributed by atoms with van der Waals surface area (Å²) in [5.41, 5.74) is 1.72. The zero-order valence-corrected chi connectivity index (χ0v) is 17.2. The normalized spacial score (nSPS) is 11.5. The quantitative estimate of drug-likeness (QED) is 0.561. The van der Waals surface area contributed by atoms with E-state index in [4.69, 9.17) is 4.74 Å². The van der Waals surface area contributed by atoms with Gasteiger partial charge in [-0.3, -0.25) is 0 Å². The number of hydrogen-bond acceptors (Lipinski definition) is 3. The molecule has 3 rings (SSSR count). The van der Waals surface area contributed by atoms with E-state index in [2.05, 4.69) is 20.7 Å². The van der Waals surface area contributed by atoms with Crippen LogP contribution >= 0.6 is 15.9 Å². The molecular formula is C21H20BrNO3S. The predicted octanol–water partition coefficient (Wildman–Crippen LogP) is 4.92. The lowest BCUT2D eigenvalue weighted by atomic mass is 10.00. The molecule has 0 aliphatic rings. The van der Waals surface area contributed by atoms with Crippen molar-refractivity contribution in [3.05, 3.63) is 94.5 Å². The summed E-state index contributed by atoms with van der Waals surface area (Å²) >= 11 is 3.35. The average molecular weight is 446 g/mol. The predicted molar refractivity (Wildman–Crippen MR) is 110 cm³/mol. The van der Waals surface area contributed by atoms with Crippen LogP contribution < -0.4 is 9.46 Å². The first-order valence-electron chi connectivity index (χ1n) is 8.56. The van der Waals surface area contributed by atoms with Gasteiger partial charge in [-0.05, 0) is 36.2 Å². The van der Waals surface area contributed by atoms with E-state index in [1.54, 1.807) is 18.2 Å². The summed E-state index contributed by atoms with van der Waals surface area (Å²) in [6, 6.07) is 23.5. The second-order valence-electron chi connectivity index (χ2n) is 5.90. The molecule has 0 unspecified atom stereocenters. The fraction of sp³-hybridized carbons (Fsp3) is 0.143. The first-order chi connectivity index (χ1) is 13.0. The molecule has 0 saturated heterocycles. The van der Waals surface area contributed by atoms with E-state index >= 15 is 0 Å². The summed E-state index contributed by atoms with van der Waals surface area (Å²) in [5, 5.41) is 0. The lowest BCUT2D eigenvalue weighted by Gasteiger charge is -2.21. The molecule has 0 bridgehead atoms. The molecule has 0 aromatic heterocycles. The molecule has 1 N–H and O–H groups in total. The van der Waals surface area contributed by atoms with Crippen molar-refractivity contribution in [2.24, 2.45) is 0 Å². The summed E-state index contributed by atoms with van der Waals surface area (Å²) in [5.74, 6) is 0.327. The minimum atomic E-state index is -3.84. The van der Waals surface area contributed by atoms with E-state index in [0.29, 0.717) is 16.8 Å². The van der Waals surface area contributed by atoms with Crippen LogP contribution in [0.4, 0.5) is 0 Å². The molecule has 0 aliphatic heterocycles. The van der Waals surface area contributed by atoms with Crippen molar-refractivity contribution in [1.29, 1.82) is 0 Å². The SMILES string of the molecule is CCOc1ccc(Br)cc1S(=O)(=O)NC(c1ccccc1)c1ccccc1. The molecule has 27 heavy (non-hydrogen) atoms.